The van der Waals surface area contributed by atoms with Gasteiger partial charge in [-0.2, -0.15) is 0 Å². The highest BCUT2D eigenvalue weighted by Crippen LogP contribution is 2.24. The molecule has 0 spiro atoms. The van der Waals surface area contributed by atoms with Crippen molar-refractivity contribution in [2.45, 2.75) is 31.9 Å². The molecular weight excluding hydrogens is 255 g/mol. The van der Waals surface area contributed by atoms with Gasteiger partial charge in [0.2, 0.25) is 0 Å². The molecule has 1 aromatic carbocycles. The van der Waals surface area contributed by atoms with Crippen molar-refractivity contribution in [2.75, 3.05) is 26.7 Å². The summed E-state index contributed by atoms with van der Waals surface area (Å²) in [5.41, 5.74) is 6.84. The number of piperidine rings is 1. The number of likely N-dealkylation sites (tertiary alicyclic amines) is 1. The van der Waals surface area contributed by atoms with E-state index in [0.29, 0.717) is 11.7 Å². The van der Waals surface area contributed by atoms with Gasteiger partial charge in [-0.3, -0.25) is 0 Å². The number of hydrogen-bond donors (Lipinski definition) is 1. The summed E-state index contributed by atoms with van der Waals surface area (Å²) in [6, 6.07) is 6.53. The van der Waals surface area contributed by atoms with Crippen LogP contribution in [-0.2, 0) is 4.74 Å². The zero-order chi connectivity index (χ0) is 14.5. The maximum atomic E-state index is 13.8. The van der Waals surface area contributed by atoms with Gasteiger partial charge in [0.15, 0.2) is 0 Å². The number of benzene rings is 1. The molecule has 0 aliphatic carbocycles. The summed E-state index contributed by atoms with van der Waals surface area (Å²) in [7, 11) is 1.77. The summed E-state index contributed by atoms with van der Waals surface area (Å²) in [5.74, 6) is 0.00256. The molecule has 4 heteroatoms. The monoisotopic (exact) mass is 280 g/mol. The number of nitrogens with zero attached hydrogens (tertiary/aromatic N) is 1. The van der Waals surface area contributed by atoms with Crippen LogP contribution in [-0.4, -0.2) is 37.7 Å². The number of ether oxygens (including phenoxy) is 1. The molecule has 0 amide bonds. The molecule has 20 heavy (non-hydrogen) atoms. The molecule has 112 valence electrons. The number of methoxy groups -OCH3 is 1. The maximum absolute atomic E-state index is 13.8. The van der Waals surface area contributed by atoms with E-state index in [0.717, 1.165) is 32.5 Å². The van der Waals surface area contributed by atoms with Gasteiger partial charge in [-0.05, 0) is 31.4 Å². The van der Waals surface area contributed by atoms with E-state index in [1.807, 2.05) is 6.07 Å². The zero-order valence-corrected chi connectivity index (χ0v) is 12.4. The lowest BCUT2D eigenvalue weighted by molar-refractivity contribution is 0.0253. The minimum atomic E-state index is -0.265. The smallest absolute Gasteiger partial charge is 0.127 e. The second-order valence-electron chi connectivity index (χ2n) is 5.78. The van der Waals surface area contributed by atoms with Crippen LogP contribution in [0.4, 0.5) is 4.39 Å². The Morgan fingerprint density at radius 2 is 2.20 bits per heavy atom. The van der Waals surface area contributed by atoms with Crippen molar-refractivity contribution in [2.24, 2.45) is 11.7 Å². The van der Waals surface area contributed by atoms with Crippen molar-refractivity contribution in [3.63, 3.8) is 0 Å². The number of hydrogen-bond acceptors (Lipinski definition) is 3. The summed E-state index contributed by atoms with van der Waals surface area (Å²) in [4.78, 5) is 2.38. The third kappa shape index (κ3) is 3.78. The summed E-state index contributed by atoms with van der Waals surface area (Å²) in [6.07, 6.45) is 2.60. The highest BCUT2D eigenvalue weighted by atomic mass is 19.1. The lowest BCUT2D eigenvalue weighted by Gasteiger charge is -2.35. The maximum Gasteiger partial charge on any atom is 0.127 e. The second-order valence-corrected chi connectivity index (χ2v) is 5.78. The first-order valence-corrected chi connectivity index (χ1v) is 7.37. The standard InChI is InChI=1S/C16H25FN2O/c1-12(10-19-9-5-6-13(11-19)20-2)16(18)14-7-3-4-8-15(14)17/h3-4,7-8,12-13,16H,5-6,9-11,18H2,1-2H3. The van der Waals surface area contributed by atoms with E-state index in [1.54, 1.807) is 19.2 Å². The molecule has 0 aromatic heterocycles. The first kappa shape index (κ1) is 15.4. The molecule has 3 atom stereocenters. The Balaban J connectivity index is 1.94. The van der Waals surface area contributed by atoms with Gasteiger partial charge in [0.05, 0.1) is 6.10 Å². The molecule has 1 fully saturated rings. The fraction of sp³-hybridized carbons (Fsp3) is 0.625. The first-order valence-electron chi connectivity index (χ1n) is 7.37. The van der Waals surface area contributed by atoms with Crippen molar-refractivity contribution in [1.82, 2.24) is 4.90 Å². The van der Waals surface area contributed by atoms with Crippen LogP contribution in [0.5, 0.6) is 0 Å². The van der Waals surface area contributed by atoms with Gasteiger partial charge in [0.1, 0.15) is 5.82 Å². The predicted octanol–water partition coefficient (Wildman–Crippen LogP) is 2.57. The quantitative estimate of drug-likeness (QED) is 0.901. The van der Waals surface area contributed by atoms with E-state index in [4.69, 9.17) is 10.5 Å². The van der Waals surface area contributed by atoms with Crippen LogP contribution in [0.3, 0.4) is 0 Å². The van der Waals surface area contributed by atoms with Gasteiger partial charge in [0.25, 0.3) is 0 Å². The van der Waals surface area contributed by atoms with Gasteiger partial charge < -0.3 is 15.4 Å². The van der Waals surface area contributed by atoms with Crippen LogP contribution in [0.1, 0.15) is 31.4 Å². The summed E-state index contributed by atoms with van der Waals surface area (Å²) >= 11 is 0. The van der Waals surface area contributed by atoms with Crippen LogP contribution >= 0.6 is 0 Å². The van der Waals surface area contributed by atoms with Crippen LogP contribution < -0.4 is 5.73 Å². The predicted molar refractivity (Wildman–Crippen MR) is 79.0 cm³/mol. The third-order valence-electron chi connectivity index (χ3n) is 4.22. The van der Waals surface area contributed by atoms with Crippen molar-refractivity contribution < 1.29 is 9.13 Å². The van der Waals surface area contributed by atoms with Crippen molar-refractivity contribution >= 4 is 0 Å². The molecule has 0 bridgehead atoms. The molecule has 0 radical (unpaired) electrons. The van der Waals surface area contributed by atoms with Crippen molar-refractivity contribution in [3.05, 3.63) is 35.6 Å². The van der Waals surface area contributed by atoms with E-state index in [1.165, 1.54) is 6.07 Å². The first-order chi connectivity index (χ1) is 9.61. The minimum Gasteiger partial charge on any atom is -0.380 e. The van der Waals surface area contributed by atoms with E-state index >= 15 is 0 Å². The molecular formula is C16H25FN2O. The Morgan fingerprint density at radius 1 is 1.45 bits per heavy atom. The molecule has 2 rings (SSSR count). The average Bonchev–Trinajstić information content (AvgIpc) is 2.47. The zero-order valence-electron chi connectivity index (χ0n) is 12.4. The van der Waals surface area contributed by atoms with Crippen LogP contribution in [0.25, 0.3) is 0 Å². The number of halogens is 1. The summed E-state index contributed by atoms with van der Waals surface area (Å²) in [5, 5.41) is 0. The van der Waals surface area contributed by atoms with Gasteiger partial charge in [-0.1, -0.05) is 25.1 Å². The largest absolute Gasteiger partial charge is 0.380 e. The van der Waals surface area contributed by atoms with Gasteiger partial charge in [0, 0.05) is 31.8 Å². The molecule has 1 aliphatic heterocycles. The van der Waals surface area contributed by atoms with Gasteiger partial charge >= 0.3 is 0 Å². The molecule has 3 nitrogen and oxygen atoms in total. The Labute approximate surface area is 120 Å². The van der Waals surface area contributed by atoms with Crippen molar-refractivity contribution in [1.29, 1.82) is 0 Å². The highest BCUT2D eigenvalue weighted by molar-refractivity contribution is 5.21. The van der Waals surface area contributed by atoms with Gasteiger partial charge in [-0.25, -0.2) is 4.39 Å². The van der Waals surface area contributed by atoms with Crippen LogP contribution in [0, 0.1) is 11.7 Å². The SMILES string of the molecule is COC1CCCN(CC(C)C(N)c2ccccc2F)C1. The van der Waals surface area contributed by atoms with E-state index < -0.39 is 0 Å². The van der Waals surface area contributed by atoms with Crippen LogP contribution in [0.15, 0.2) is 24.3 Å². The molecule has 1 aliphatic rings. The third-order valence-corrected chi connectivity index (χ3v) is 4.22. The van der Waals surface area contributed by atoms with E-state index in [9.17, 15) is 4.39 Å². The lowest BCUT2D eigenvalue weighted by atomic mass is 9.93. The number of nitrogens with two attached hydrogens (primary N) is 1. The topological polar surface area (TPSA) is 38.5 Å². The minimum absolute atomic E-state index is 0.208. The summed E-state index contributed by atoms with van der Waals surface area (Å²) < 4.78 is 19.2. The Kier molecular flexibility index (Phi) is 5.52. The van der Waals surface area contributed by atoms with Crippen LogP contribution in [0.2, 0.25) is 0 Å². The molecule has 1 aromatic rings. The van der Waals surface area contributed by atoms with Gasteiger partial charge in [-0.15, -0.1) is 0 Å². The highest BCUT2D eigenvalue weighted by Gasteiger charge is 2.24. The second kappa shape index (κ2) is 7.16. The Morgan fingerprint density at radius 3 is 2.90 bits per heavy atom. The average molecular weight is 280 g/mol. The summed E-state index contributed by atoms with van der Waals surface area (Å²) in [6.45, 7) is 5.00. The van der Waals surface area contributed by atoms with E-state index in [2.05, 4.69) is 11.8 Å². The fourth-order valence-electron chi connectivity index (χ4n) is 2.94. The molecule has 3 unspecified atom stereocenters. The normalized spacial score (nSPS) is 23.5. The van der Waals surface area contributed by atoms with E-state index in [-0.39, 0.29) is 17.8 Å². The molecule has 0 saturated carbocycles. The lowest BCUT2D eigenvalue weighted by Crippen LogP contribution is -2.42. The molecule has 1 heterocycles. The molecule has 1 saturated heterocycles. The molecule has 2 N–H and O–H groups in total. The van der Waals surface area contributed by atoms with Crippen molar-refractivity contribution in [3.8, 4) is 0 Å². The Bertz CT molecular complexity index is 427. The Hall–Kier alpha value is -0.970. The fourth-order valence-corrected chi connectivity index (χ4v) is 2.94. The number of rotatable bonds is 5.